The summed E-state index contributed by atoms with van der Waals surface area (Å²) in [6.07, 6.45) is 0.911. The van der Waals surface area contributed by atoms with Gasteiger partial charge >= 0.3 is 12.1 Å². The van der Waals surface area contributed by atoms with Gasteiger partial charge in [-0.15, -0.1) is 0 Å². The summed E-state index contributed by atoms with van der Waals surface area (Å²) in [4.78, 5) is 14.1. The van der Waals surface area contributed by atoms with Crippen LogP contribution in [0.15, 0.2) is 36.5 Å². The molecule has 0 aliphatic rings. The first-order valence-corrected chi connectivity index (χ1v) is 9.89. The first-order valence-electron chi connectivity index (χ1n) is 9.89. The fourth-order valence-electron chi connectivity index (χ4n) is 3.58. The number of carboxylic acid groups (broad SMARTS) is 1. The Morgan fingerprint density at radius 3 is 2.60 bits per heavy atom. The number of unbranched alkanes of at least 4 members (excludes halogenated alkanes) is 2. The fourth-order valence-corrected chi connectivity index (χ4v) is 3.58. The quantitative estimate of drug-likeness (QED) is 0.402. The number of aromatic amines is 1. The number of benzene rings is 2. The van der Waals surface area contributed by atoms with Crippen LogP contribution >= 0.6 is 0 Å². The number of fused-ring (bicyclic) bond motifs is 1. The van der Waals surface area contributed by atoms with Crippen LogP contribution in [0.2, 0.25) is 0 Å². The Labute approximate surface area is 172 Å². The number of ether oxygens (including phenoxy) is 1. The van der Waals surface area contributed by atoms with Crippen molar-refractivity contribution in [2.45, 2.75) is 52.1 Å². The van der Waals surface area contributed by atoms with Gasteiger partial charge in [0.25, 0.3) is 0 Å². The molecule has 0 atom stereocenters. The van der Waals surface area contributed by atoms with Crippen LogP contribution in [-0.2, 0) is 23.8 Å². The number of aromatic nitrogens is 1. The lowest BCUT2D eigenvalue weighted by atomic mass is 10.0. The Hall–Kier alpha value is -2.96. The highest BCUT2D eigenvalue weighted by Crippen LogP contribution is 2.41. The molecule has 2 aromatic carbocycles. The predicted octanol–water partition coefficient (Wildman–Crippen LogP) is 6.65. The van der Waals surface area contributed by atoms with E-state index in [0.29, 0.717) is 5.75 Å². The number of nitrogens with one attached hydrogen (secondary N) is 1. The van der Waals surface area contributed by atoms with E-state index >= 15 is 0 Å². The van der Waals surface area contributed by atoms with E-state index in [2.05, 4.69) is 11.9 Å². The van der Waals surface area contributed by atoms with E-state index in [1.54, 1.807) is 18.2 Å². The number of alkyl halides is 3. The molecule has 0 unspecified atom stereocenters. The largest absolute Gasteiger partial charge is 0.481 e. The van der Waals surface area contributed by atoms with Crippen LogP contribution in [0.1, 0.15) is 48.4 Å². The Morgan fingerprint density at radius 1 is 1.17 bits per heavy atom. The van der Waals surface area contributed by atoms with E-state index < -0.39 is 24.1 Å². The van der Waals surface area contributed by atoms with Gasteiger partial charge in [-0.25, -0.2) is 0 Å². The normalized spacial score (nSPS) is 11.8. The topological polar surface area (TPSA) is 62.3 Å². The maximum absolute atomic E-state index is 13.7. The molecule has 4 nitrogen and oxygen atoms in total. The van der Waals surface area contributed by atoms with Gasteiger partial charge in [0.15, 0.2) is 0 Å². The number of aryl methyl sites for hydroxylation is 2. The van der Waals surface area contributed by atoms with Gasteiger partial charge in [0.05, 0.1) is 12.0 Å². The standard InChI is InChI=1S/C23H24F3NO3/c1-3-4-5-6-16-13-27-20-8-7-17(12-18(16)20)30-22-14(2)9-15(11-21(28)29)10-19(22)23(24,25)26/h7-10,12-13,27H,3-6,11H2,1-2H3,(H,28,29). The minimum absolute atomic E-state index is 0.0824. The number of H-pyrrole nitrogens is 1. The van der Waals surface area contributed by atoms with Crippen molar-refractivity contribution in [1.82, 2.24) is 4.98 Å². The highest BCUT2D eigenvalue weighted by Gasteiger charge is 2.36. The van der Waals surface area contributed by atoms with Crippen molar-refractivity contribution in [3.8, 4) is 11.5 Å². The van der Waals surface area contributed by atoms with Crippen LogP contribution in [-0.4, -0.2) is 16.1 Å². The van der Waals surface area contributed by atoms with Crippen LogP contribution in [0.5, 0.6) is 11.5 Å². The van der Waals surface area contributed by atoms with Crippen LogP contribution in [0.25, 0.3) is 10.9 Å². The number of aliphatic carboxylic acids is 1. The van der Waals surface area contributed by atoms with Gasteiger partial charge in [0.1, 0.15) is 11.5 Å². The van der Waals surface area contributed by atoms with Gasteiger partial charge in [-0.3, -0.25) is 4.79 Å². The summed E-state index contributed by atoms with van der Waals surface area (Å²) in [5.74, 6) is -1.19. The summed E-state index contributed by atoms with van der Waals surface area (Å²) >= 11 is 0. The van der Waals surface area contributed by atoms with Crippen LogP contribution in [0.4, 0.5) is 13.2 Å². The maximum Gasteiger partial charge on any atom is 0.420 e. The summed E-state index contributed by atoms with van der Waals surface area (Å²) in [5, 5.41) is 9.85. The lowest BCUT2D eigenvalue weighted by Crippen LogP contribution is -2.11. The van der Waals surface area contributed by atoms with E-state index in [0.717, 1.165) is 48.2 Å². The number of hydrogen-bond acceptors (Lipinski definition) is 2. The summed E-state index contributed by atoms with van der Waals surface area (Å²) in [5.41, 5.74) is 1.35. The minimum atomic E-state index is -4.67. The lowest BCUT2D eigenvalue weighted by Gasteiger charge is -2.17. The maximum atomic E-state index is 13.7. The number of carbonyl (C=O) groups is 1. The average Bonchev–Trinajstić information content (AvgIpc) is 3.05. The highest BCUT2D eigenvalue weighted by atomic mass is 19.4. The van der Waals surface area contributed by atoms with Crippen molar-refractivity contribution in [3.05, 3.63) is 58.8 Å². The first kappa shape index (κ1) is 21.7. The van der Waals surface area contributed by atoms with Gasteiger partial charge in [-0.2, -0.15) is 13.2 Å². The zero-order valence-corrected chi connectivity index (χ0v) is 16.9. The van der Waals surface area contributed by atoms with Gasteiger partial charge in [0.2, 0.25) is 0 Å². The van der Waals surface area contributed by atoms with E-state index in [9.17, 15) is 18.0 Å². The highest BCUT2D eigenvalue weighted by molar-refractivity contribution is 5.84. The molecule has 0 aliphatic heterocycles. The zero-order chi connectivity index (χ0) is 21.9. The van der Waals surface area contributed by atoms with E-state index in [1.807, 2.05) is 6.20 Å². The van der Waals surface area contributed by atoms with E-state index in [4.69, 9.17) is 9.84 Å². The van der Waals surface area contributed by atoms with Crippen molar-refractivity contribution in [2.24, 2.45) is 0 Å². The van der Waals surface area contributed by atoms with Crippen LogP contribution in [0.3, 0.4) is 0 Å². The molecule has 160 valence electrons. The molecule has 0 fully saturated rings. The molecule has 30 heavy (non-hydrogen) atoms. The van der Waals surface area contributed by atoms with Gasteiger partial charge in [-0.1, -0.05) is 25.8 Å². The van der Waals surface area contributed by atoms with Crippen LogP contribution in [0, 0.1) is 6.92 Å². The molecule has 0 spiro atoms. The van der Waals surface area contributed by atoms with Crippen molar-refractivity contribution in [1.29, 1.82) is 0 Å². The van der Waals surface area contributed by atoms with E-state index in [1.165, 1.54) is 13.0 Å². The zero-order valence-electron chi connectivity index (χ0n) is 16.9. The van der Waals surface area contributed by atoms with Crippen molar-refractivity contribution < 1.29 is 27.8 Å². The Morgan fingerprint density at radius 2 is 1.93 bits per heavy atom. The molecule has 0 saturated carbocycles. The SMILES string of the molecule is CCCCCc1c[nH]c2ccc(Oc3c(C)cc(CC(=O)O)cc3C(F)(F)F)cc12. The number of halogens is 3. The first-order chi connectivity index (χ1) is 14.2. The molecule has 3 aromatic rings. The van der Waals surface area contributed by atoms with Crippen molar-refractivity contribution in [3.63, 3.8) is 0 Å². The smallest absolute Gasteiger partial charge is 0.420 e. The monoisotopic (exact) mass is 419 g/mol. The summed E-state index contributed by atoms with van der Waals surface area (Å²) < 4.78 is 46.7. The number of hydrogen-bond donors (Lipinski definition) is 2. The third-order valence-corrected chi connectivity index (χ3v) is 5.00. The second kappa shape index (κ2) is 8.81. The molecule has 0 aliphatic carbocycles. The molecule has 1 aromatic heterocycles. The molecule has 3 rings (SSSR count). The molecule has 0 amide bonds. The summed E-state index contributed by atoms with van der Waals surface area (Å²) in [6, 6.07) is 7.43. The lowest BCUT2D eigenvalue weighted by molar-refractivity contribution is -0.139. The molecule has 1 heterocycles. The second-order valence-electron chi connectivity index (χ2n) is 7.44. The summed E-state index contributed by atoms with van der Waals surface area (Å²) in [6.45, 7) is 3.62. The molecule has 0 bridgehead atoms. The Bertz CT molecular complexity index is 1050. The molecule has 0 saturated heterocycles. The Balaban J connectivity index is 1.97. The number of rotatable bonds is 8. The molecule has 0 radical (unpaired) electrons. The Kier molecular flexibility index (Phi) is 6.39. The van der Waals surface area contributed by atoms with E-state index in [-0.39, 0.29) is 16.9 Å². The summed E-state index contributed by atoms with van der Waals surface area (Å²) in [7, 11) is 0. The van der Waals surface area contributed by atoms with Crippen LogP contribution < -0.4 is 4.74 Å². The fraction of sp³-hybridized carbons (Fsp3) is 0.348. The number of carboxylic acids is 1. The molecule has 7 heteroatoms. The predicted molar refractivity (Wildman–Crippen MR) is 109 cm³/mol. The third-order valence-electron chi connectivity index (χ3n) is 5.00. The minimum Gasteiger partial charge on any atom is -0.481 e. The molecular weight excluding hydrogens is 395 g/mol. The van der Waals surface area contributed by atoms with Gasteiger partial charge < -0.3 is 14.8 Å². The molecular formula is C23H24F3NO3. The second-order valence-corrected chi connectivity index (χ2v) is 7.44. The van der Waals surface area contributed by atoms with Gasteiger partial charge in [0, 0.05) is 17.1 Å². The third kappa shape index (κ3) is 4.96. The average molecular weight is 419 g/mol. The van der Waals surface area contributed by atoms with Crippen molar-refractivity contribution in [2.75, 3.05) is 0 Å². The van der Waals surface area contributed by atoms with Gasteiger partial charge in [-0.05, 0) is 60.7 Å². The molecule has 2 N–H and O–H groups in total. The van der Waals surface area contributed by atoms with Crippen molar-refractivity contribution >= 4 is 16.9 Å².